The highest BCUT2D eigenvalue weighted by atomic mass is 16.2. The molecule has 4 aliphatic rings. The molecule has 3 aliphatic heterocycles. The topological polar surface area (TPSA) is 102 Å². The van der Waals surface area contributed by atoms with E-state index in [2.05, 4.69) is 27.3 Å². The SMILES string of the molecule is CCCN1CCC2(CC1)NC(=O)N(CC1CCN(C(=O)c3cc(C4CC4)[nH]n3)CC1)C2=O. The van der Waals surface area contributed by atoms with Crippen molar-refractivity contribution in [2.45, 2.75) is 63.3 Å². The molecule has 4 heterocycles. The number of imide groups is 1. The molecule has 9 heteroatoms. The summed E-state index contributed by atoms with van der Waals surface area (Å²) in [4.78, 5) is 44.3. The summed E-state index contributed by atoms with van der Waals surface area (Å²) in [6.45, 7) is 6.62. The summed E-state index contributed by atoms with van der Waals surface area (Å²) in [5, 5.41) is 10.2. The zero-order valence-electron chi connectivity index (χ0n) is 18.9. The van der Waals surface area contributed by atoms with E-state index in [9.17, 15) is 14.4 Å². The second-order valence-corrected chi connectivity index (χ2v) is 9.99. The fourth-order valence-corrected chi connectivity index (χ4v) is 5.44. The van der Waals surface area contributed by atoms with Crippen molar-refractivity contribution in [2.24, 2.45) is 5.92 Å². The minimum atomic E-state index is -0.711. The number of aromatic amines is 1. The van der Waals surface area contributed by atoms with Gasteiger partial charge < -0.3 is 15.1 Å². The average Bonchev–Trinajstić information content (AvgIpc) is 3.49. The van der Waals surface area contributed by atoms with Crippen LogP contribution in [0.25, 0.3) is 0 Å². The van der Waals surface area contributed by atoms with Gasteiger partial charge in [0, 0.05) is 44.3 Å². The minimum Gasteiger partial charge on any atom is -0.337 e. The lowest BCUT2D eigenvalue weighted by atomic mass is 9.87. The molecule has 32 heavy (non-hydrogen) atoms. The molecule has 0 unspecified atom stereocenters. The predicted octanol–water partition coefficient (Wildman–Crippen LogP) is 1.94. The van der Waals surface area contributed by atoms with Crippen molar-refractivity contribution in [1.29, 1.82) is 0 Å². The molecule has 0 atom stereocenters. The number of nitrogens with one attached hydrogen (secondary N) is 2. The fraction of sp³-hybridized carbons (Fsp3) is 0.739. The lowest BCUT2D eigenvalue weighted by molar-refractivity contribution is -0.133. The second-order valence-electron chi connectivity index (χ2n) is 9.99. The zero-order chi connectivity index (χ0) is 22.3. The van der Waals surface area contributed by atoms with Crippen LogP contribution in [0.3, 0.4) is 0 Å². The molecule has 0 aromatic carbocycles. The summed E-state index contributed by atoms with van der Waals surface area (Å²) in [6.07, 6.45) is 6.40. The molecular formula is C23H34N6O3. The van der Waals surface area contributed by atoms with Crippen LogP contribution in [0, 0.1) is 5.92 Å². The van der Waals surface area contributed by atoms with Crippen molar-refractivity contribution in [3.63, 3.8) is 0 Å². The van der Waals surface area contributed by atoms with Crippen LogP contribution in [0.2, 0.25) is 0 Å². The van der Waals surface area contributed by atoms with Crippen molar-refractivity contribution >= 4 is 17.8 Å². The fourth-order valence-electron chi connectivity index (χ4n) is 5.44. The molecule has 1 aliphatic carbocycles. The highest BCUT2D eigenvalue weighted by Gasteiger charge is 2.52. The smallest absolute Gasteiger partial charge is 0.325 e. The van der Waals surface area contributed by atoms with Crippen LogP contribution in [0.4, 0.5) is 4.79 Å². The molecule has 1 saturated carbocycles. The first-order valence-electron chi connectivity index (χ1n) is 12.2. The maximum atomic E-state index is 13.2. The number of piperidine rings is 2. The second kappa shape index (κ2) is 8.50. The quantitative estimate of drug-likeness (QED) is 0.656. The van der Waals surface area contributed by atoms with Gasteiger partial charge in [0.05, 0.1) is 0 Å². The van der Waals surface area contributed by atoms with Gasteiger partial charge in [-0.15, -0.1) is 0 Å². The van der Waals surface area contributed by atoms with Gasteiger partial charge in [0.2, 0.25) is 0 Å². The molecule has 1 aromatic heterocycles. The van der Waals surface area contributed by atoms with Gasteiger partial charge in [-0.25, -0.2) is 4.79 Å². The van der Waals surface area contributed by atoms with Crippen molar-refractivity contribution in [3.05, 3.63) is 17.5 Å². The number of urea groups is 1. The first kappa shape index (κ1) is 21.4. The van der Waals surface area contributed by atoms with Crippen molar-refractivity contribution in [3.8, 4) is 0 Å². The summed E-state index contributed by atoms with van der Waals surface area (Å²) in [6, 6.07) is 1.64. The van der Waals surface area contributed by atoms with Gasteiger partial charge in [-0.2, -0.15) is 5.10 Å². The standard InChI is InChI=1S/C23H34N6O3/c1-2-9-27-12-7-23(8-13-27)21(31)29(22(32)24-23)15-16-5-10-28(11-6-16)20(30)19-14-18(25-26-19)17-3-4-17/h14,16-17H,2-13,15H2,1H3,(H,24,32)(H,25,26). The van der Waals surface area contributed by atoms with E-state index in [4.69, 9.17) is 0 Å². The summed E-state index contributed by atoms with van der Waals surface area (Å²) < 4.78 is 0. The van der Waals surface area contributed by atoms with Crippen molar-refractivity contribution in [1.82, 2.24) is 30.2 Å². The summed E-state index contributed by atoms with van der Waals surface area (Å²) in [5.74, 6) is 0.687. The highest BCUT2D eigenvalue weighted by Crippen LogP contribution is 2.39. The number of rotatable bonds is 6. The van der Waals surface area contributed by atoms with Gasteiger partial charge in [-0.1, -0.05) is 6.92 Å². The van der Waals surface area contributed by atoms with Crippen LogP contribution in [-0.4, -0.2) is 87.6 Å². The molecule has 174 valence electrons. The third-order valence-corrected chi connectivity index (χ3v) is 7.67. The number of hydrogen-bond acceptors (Lipinski definition) is 5. The minimum absolute atomic E-state index is 0.0283. The van der Waals surface area contributed by atoms with Crippen LogP contribution >= 0.6 is 0 Å². The van der Waals surface area contributed by atoms with Gasteiger partial charge in [0.25, 0.3) is 11.8 Å². The molecule has 0 bridgehead atoms. The Morgan fingerprint density at radius 3 is 2.50 bits per heavy atom. The van der Waals surface area contributed by atoms with E-state index >= 15 is 0 Å². The third kappa shape index (κ3) is 4.02. The molecule has 1 aromatic rings. The first-order chi connectivity index (χ1) is 15.5. The zero-order valence-corrected chi connectivity index (χ0v) is 18.9. The Kier molecular flexibility index (Phi) is 5.69. The largest absolute Gasteiger partial charge is 0.337 e. The van der Waals surface area contributed by atoms with Gasteiger partial charge in [-0.05, 0) is 63.5 Å². The van der Waals surface area contributed by atoms with Crippen LogP contribution in [-0.2, 0) is 4.79 Å². The van der Waals surface area contributed by atoms with E-state index in [1.165, 1.54) is 17.7 Å². The number of nitrogens with zero attached hydrogens (tertiary/aromatic N) is 4. The Labute approximate surface area is 188 Å². The van der Waals surface area contributed by atoms with Crippen LogP contribution in [0.15, 0.2) is 6.07 Å². The number of H-pyrrole nitrogens is 1. The summed E-state index contributed by atoms with van der Waals surface area (Å²) >= 11 is 0. The van der Waals surface area contributed by atoms with Crippen LogP contribution in [0.1, 0.15) is 74.0 Å². The van der Waals surface area contributed by atoms with Crippen LogP contribution < -0.4 is 5.32 Å². The Balaban J connectivity index is 1.13. The monoisotopic (exact) mass is 442 g/mol. The molecule has 9 nitrogen and oxygen atoms in total. The third-order valence-electron chi connectivity index (χ3n) is 7.67. The number of likely N-dealkylation sites (tertiary alicyclic amines) is 2. The predicted molar refractivity (Wildman–Crippen MR) is 118 cm³/mol. The Morgan fingerprint density at radius 1 is 1.12 bits per heavy atom. The number of amides is 4. The van der Waals surface area contributed by atoms with E-state index in [1.807, 2.05) is 11.0 Å². The van der Waals surface area contributed by atoms with Gasteiger partial charge in [-0.3, -0.25) is 19.6 Å². The lowest BCUT2D eigenvalue weighted by Crippen LogP contribution is -2.55. The van der Waals surface area contributed by atoms with E-state index in [0.717, 1.165) is 44.6 Å². The molecule has 4 fully saturated rings. The average molecular weight is 443 g/mol. The summed E-state index contributed by atoms with van der Waals surface area (Å²) in [7, 11) is 0. The Bertz CT molecular complexity index is 878. The molecule has 1 spiro atoms. The molecule has 5 rings (SSSR count). The number of carbonyl (C=O) groups is 3. The highest BCUT2D eigenvalue weighted by molar-refractivity contribution is 6.07. The van der Waals surface area contributed by atoms with Crippen LogP contribution in [0.5, 0.6) is 0 Å². The Hall–Kier alpha value is -2.42. The van der Waals surface area contributed by atoms with E-state index in [1.54, 1.807) is 0 Å². The summed E-state index contributed by atoms with van der Waals surface area (Å²) in [5.41, 5.74) is 0.851. The maximum Gasteiger partial charge on any atom is 0.325 e. The number of carbonyl (C=O) groups excluding carboxylic acids is 3. The number of aromatic nitrogens is 2. The van der Waals surface area contributed by atoms with Crippen molar-refractivity contribution in [2.75, 3.05) is 39.3 Å². The van der Waals surface area contributed by atoms with Gasteiger partial charge >= 0.3 is 6.03 Å². The van der Waals surface area contributed by atoms with Gasteiger partial charge in [0.1, 0.15) is 11.2 Å². The number of hydrogen-bond donors (Lipinski definition) is 2. The van der Waals surface area contributed by atoms with Crippen molar-refractivity contribution < 1.29 is 14.4 Å². The normalized spacial score (nSPS) is 24.4. The molecule has 0 radical (unpaired) electrons. The Morgan fingerprint density at radius 2 is 1.84 bits per heavy atom. The lowest BCUT2D eigenvalue weighted by Gasteiger charge is -2.37. The first-order valence-corrected chi connectivity index (χ1v) is 12.2. The van der Waals surface area contributed by atoms with Gasteiger partial charge in [0.15, 0.2) is 0 Å². The molecule has 3 saturated heterocycles. The molecular weight excluding hydrogens is 408 g/mol. The van der Waals surface area contributed by atoms with E-state index in [-0.39, 0.29) is 23.8 Å². The molecule has 2 N–H and O–H groups in total. The molecule has 4 amide bonds. The van der Waals surface area contributed by atoms with E-state index in [0.29, 0.717) is 44.1 Å². The van der Waals surface area contributed by atoms with E-state index < -0.39 is 5.54 Å². The maximum absolute atomic E-state index is 13.2.